The summed E-state index contributed by atoms with van der Waals surface area (Å²) in [6, 6.07) is 14.2. The zero-order valence-electron chi connectivity index (χ0n) is 15.6. The Morgan fingerprint density at radius 2 is 1.89 bits per heavy atom. The van der Waals surface area contributed by atoms with Crippen LogP contribution in [0.25, 0.3) is 5.70 Å². The molecule has 0 amide bonds. The third-order valence-electron chi connectivity index (χ3n) is 4.84. The van der Waals surface area contributed by atoms with Crippen LogP contribution in [0.2, 0.25) is 0 Å². The van der Waals surface area contributed by atoms with Crippen molar-refractivity contribution in [1.29, 1.82) is 0 Å². The molecule has 1 unspecified atom stereocenters. The molecule has 0 aliphatic carbocycles. The van der Waals surface area contributed by atoms with Gasteiger partial charge in [-0.1, -0.05) is 31.2 Å². The van der Waals surface area contributed by atoms with Crippen LogP contribution in [0.1, 0.15) is 29.7 Å². The number of ether oxygens (including phenoxy) is 2. The topological polar surface area (TPSA) is 61.2 Å². The first-order chi connectivity index (χ1) is 13.2. The number of hydrogen-bond acceptors (Lipinski definition) is 5. The Morgan fingerprint density at radius 3 is 2.59 bits per heavy atom. The van der Waals surface area contributed by atoms with E-state index >= 15 is 0 Å². The van der Waals surface area contributed by atoms with Crippen molar-refractivity contribution in [3.63, 3.8) is 0 Å². The van der Waals surface area contributed by atoms with E-state index in [1.807, 2.05) is 22.9 Å². The molecule has 1 atom stereocenters. The first kappa shape index (κ1) is 17.1. The number of aromatic nitrogens is 3. The largest absolute Gasteiger partial charge is 0.497 e. The summed E-state index contributed by atoms with van der Waals surface area (Å²) in [6.07, 6.45) is 4.71. The maximum atomic E-state index is 5.59. The van der Waals surface area contributed by atoms with Gasteiger partial charge in [0.15, 0.2) is 0 Å². The second-order valence-corrected chi connectivity index (χ2v) is 6.34. The quantitative estimate of drug-likeness (QED) is 0.745. The summed E-state index contributed by atoms with van der Waals surface area (Å²) >= 11 is 0. The number of aryl methyl sites for hydroxylation is 1. The zero-order chi connectivity index (χ0) is 18.8. The molecule has 1 aliphatic heterocycles. The number of rotatable bonds is 5. The van der Waals surface area contributed by atoms with Gasteiger partial charge >= 0.3 is 0 Å². The second kappa shape index (κ2) is 7.15. The van der Waals surface area contributed by atoms with Gasteiger partial charge in [-0.2, -0.15) is 10.1 Å². The number of anilines is 1. The van der Waals surface area contributed by atoms with Crippen LogP contribution in [0.5, 0.6) is 11.5 Å². The van der Waals surface area contributed by atoms with E-state index in [2.05, 4.69) is 52.7 Å². The molecule has 138 valence electrons. The molecule has 0 fully saturated rings. The summed E-state index contributed by atoms with van der Waals surface area (Å²) in [6.45, 7) is 2.15. The molecule has 1 aliphatic rings. The number of allylic oxidation sites excluding steroid dienone is 1. The Labute approximate surface area is 158 Å². The summed E-state index contributed by atoms with van der Waals surface area (Å²) in [7, 11) is 3.33. The van der Waals surface area contributed by atoms with Gasteiger partial charge in [0.2, 0.25) is 5.95 Å². The highest BCUT2D eigenvalue weighted by atomic mass is 16.5. The Bertz CT molecular complexity index is 976. The Kier molecular flexibility index (Phi) is 4.54. The lowest BCUT2D eigenvalue weighted by molar-refractivity contribution is 0.394. The molecule has 0 saturated carbocycles. The number of methoxy groups -OCH3 is 2. The van der Waals surface area contributed by atoms with Crippen molar-refractivity contribution >= 4 is 11.6 Å². The molecule has 0 bridgehead atoms. The molecule has 6 nitrogen and oxygen atoms in total. The van der Waals surface area contributed by atoms with Crippen LogP contribution in [0, 0.1) is 0 Å². The molecule has 6 heteroatoms. The Hall–Kier alpha value is -3.28. The van der Waals surface area contributed by atoms with Crippen LogP contribution in [-0.4, -0.2) is 29.0 Å². The van der Waals surface area contributed by atoms with Crippen LogP contribution in [-0.2, 0) is 6.42 Å². The van der Waals surface area contributed by atoms with Crippen molar-refractivity contribution < 1.29 is 9.47 Å². The molecule has 4 rings (SSSR count). The van der Waals surface area contributed by atoms with Crippen molar-refractivity contribution in [2.24, 2.45) is 0 Å². The van der Waals surface area contributed by atoms with Crippen molar-refractivity contribution in [2.75, 3.05) is 19.5 Å². The molecule has 2 aromatic carbocycles. The van der Waals surface area contributed by atoms with Gasteiger partial charge in [0.1, 0.15) is 23.9 Å². The smallest absolute Gasteiger partial charge is 0.226 e. The fourth-order valence-corrected chi connectivity index (χ4v) is 3.31. The normalized spacial score (nSPS) is 15.5. The molecular weight excluding hydrogens is 340 g/mol. The maximum Gasteiger partial charge on any atom is 0.226 e. The van der Waals surface area contributed by atoms with Gasteiger partial charge < -0.3 is 14.8 Å². The number of hydrogen-bond donors (Lipinski definition) is 1. The molecule has 1 N–H and O–H groups in total. The summed E-state index contributed by atoms with van der Waals surface area (Å²) in [5.41, 5.74) is 4.37. The van der Waals surface area contributed by atoms with Crippen molar-refractivity contribution in [3.8, 4) is 11.5 Å². The molecule has 1 aromatic heterocycles. The average molecular weight is 362 g/mol. The molecule has 2 heterocycles. The lowest BCUT2D eigenvalue weighted by atomic mass is 10.00. The third-order valence-corrected chi connectivity index (χ3v) is 4.84. The molecule has 0 saturated heterocycles. The minimum Gasteiger partial charge on any atom is -0.497 e. The third kappa shape index (κ3) is 3.14. The fourth-order valence-electron chi connectivity index (χ4n) is 3.31. The predicted octanol–water partition coefficient (Wildman–Crippen LogP) is 3.91. The highest BCUT2D eigenvalue weighted by molar-refractivity contribution is 5.77. The van der Waals surface area contributed by atoms with Gasteiger partial charge in [-0.25, -0.2) is 4.68 Å². The van der Waals surface area contributed by atoms with E-state index in [4.69, 9.17) is 9.47 Å². The highest BCUT2D eigenvalue weighted by Crippen LogP contribution is 2.37. The van der Waals surface area contributed by atoms with Gasteiger partial charge in [-0.3, -0.25) is 0 Å². The second-order valence-electron chi connectivity index (χ2n) is 6.34. The minimum absolute atomic E-state index is 0.158. The fraction of sp³-hybridized carbons (Fsp3) is 0.238. The average Bonchev–Trinajstić information content (AvgIpc) is 3.21. The molecular formula is C21H22N4O2. The lowest BCUT2D eigenvalue weighted by Crippen LogP contribution is -2.20. The minimum atomic E-state index is -0.158. The lowest BCUT2D eigenvalue weighted by Gasteiger charge is -2.26. The molecule has 27 heavy (non-hydrogen) atoms. The SMILES string of the molecule is CCc1ccc(C2=CC(c3cc(OC)ccc3OC)n3ncnc3N2)cc1. The highest BCUT2D eigenvalue weighted by Gasteiger charge is 2.26. The standard InChI is InChI=1S/C21H22N4O2/c1-4-14-5-7-15(8-6-14)18-12-19(25-21(24-18)22-13-23-25)17-11-16(26-2)9-10-20(17)27-3/h5-13,19H,4H2,1-3H3,(H,22,23,24). The molecule has 0 radical (unpaired) electrons. The van der Waals surface area contributed by atoms with Gasteiger partial charge in [0.05, 0.1) is 14.2 Å². The van der Waals surface area contributed by atoms with E-state index in [0.29, 0.717) is 5.95 Å². The maximum absolute atomic E-state index is 5.59. The Morgan fingerprint density at radius 1 is 1.07 bits per heavy atom. The van der Waals surface area contributed by atoms with E-state index in [1.165, 1.54) is 5.56 Å². The van der Waals surface area contributed by atoms with Crippen LogP contribution in [0.4, 0.5) is 5.95 Å². The van der Waals surface area contributed by atoms with Crippen LogP contribution in [0.15, 0.2) is 54.9 Å². The monoisotopic (exact) mass is 362 g/mol. The van der Waals surface area contributed by atoms with Gasteiger partial charge in [-0.05, 0) is 41.8 Å². The van der Waals surface area contributed by atoms with Gasteiger partial charge in [0, 0.05) is 11.3 Å². The van der Waals surface area contributed by atoms with Crippen LogP contribution >= 0.6 is 0 Å². The van der Waals surface area contributed by atoms with Crippen LogP contribution in [0.3, 0.4) is 0 Å². The Balaban J connectivity index is 1.82. The van der Waals surface area contributed by atoms with E-state index in [-0.39, 0.29) is 6.04 Å². The van der Waals surface area contributed by atoms with Crippen molar-refractivity contribution in [2.45, 2.75) is 19.4 Å². The summed E-state index contributed by atoms with van der Waals surface area (Å²) < 4.78 is 12.9. The first-order valence-corrected chi connectivity index (χ1v) is 8.93. The van der Waals surface area contributed by atoms with Gasteiger partial charge in [0.25, 0.3) is 0 Å². The zero-order valence-corrected chi connectivity index (χ0v) is 15.6. The van der Waals surface area contributed by atoms with Crippen molar-refractivity contribution in [1.82, 2.24) is 14.8 Å². The van der Waals surface area contributed by atoms with E-state index in [1.54, 1.807) is 20.5 Å². The summed E-state index contributed by atoms with van der Waals surface area (Å²) in [5, 5.41) is 7.78. The first-order valence-electron chi connectivity index (χ1n) is 8.93. The van der Waals surface area contributed by atoms with E-state index in [9.17, 15) is 0 Å². The van der Waals surface area contributed by atoms with E-state index < -0.39 is 0 Å². The number of benzene rings is 2. The van der Waals surface area contributed by atoms with Crippen LogP contribution < -0.4 is 14.8 Å². The summed E-state index contributed by atoms with van der Waals surface area (Å²) in [4.78, 5) is 4.37. The molecule has 0 spiro atoms. The van der Waals surface area contributed by atoms with E-state index in [0.717, 1.165) is 34.7 Å². The summed E-state index contributed by atoms with van der Waals surface area (Å²) in [5.74, 6) is 2.25. The molecule has 3 aromatic rings. The van der Waals surface area contributed by atoms with Crippen molar-refractivity contribution in [3.05, 3.63) is 71.6 Å². The number of nitrogens with zero attached hydrogens (tertiary/aromatic N) is 3. The van der Waals surface area contributed by atoms with Gasteiger partial charge in [-0.15, -0.1) is 0 Å². The predicted molar refractivity (Wildman–Crippen MR) is 105 cm³/mol. The number of nitrogens with one attached hydrogen (secondary N) is 1. The number of fused-ring (bicyclic) bond motifs is 1.